The minimum Gasteiger partial charge on any atom is -0.354 e. The summed E-state index contributed by atoms with van der Waals surface area (Å²) < 4.78 is 13.2. The van der Waals surface area contributed by atoms with E-state index in [9.17, 15) is 9.18 Å². The van der Waals surface area contributed by atoms with Crippen LogP contribution in [0.2, 0.25) is 5.02 Å². The van der Waals surface area contributed by atoms with Crippen LogP contribution in [0.3, 0.4) is 0 Å². The van der Waals surface area contributed by atoms with Crippen LogP contribution >= 0.6 is 11.6 Å². The number of nitrogens with zero attached hydrogens (tertiary/aromatic N) is 1. The Morgan fingerprint density at radius 3 is 2.58 bits per heavy atom. The highest BCUT2D eigenvalue weighted by Gasteiger charge is 2.10. The SMILES string of the molecule is Cc1ccc(NC(=O)c2cncc(Nc3ccc(F)c(Cl)c3)c2)c(C)c1. The van der Waals surface area contributed by atoms with E-state index in [1.54, 1.807) is 18.3 Å². The molecule has 3 rings (SSSR count). The van der Waals surface area contributed by atoms with E-state index in [0.717, 1.165) is 16.8 Å². The van der Waals surface area contributed by atoms with E-state index in [1.165, 1.54) is 18.3 Å². The lowest BCUT2D eigenvalue weighted by Gasteiger charge is -2.11. The van der Waals surface area contributed by atoms with Gasteiger partial charge in [0.25, 0.3) is 5.91 Å². The van der Waals surface area contributed by atoms with Crippen molar-refractivity contribution in [3.8, 4) is 0 Å². The van der Waals surface area contributed by atoms with Crippen molar-refractivity contribution in [1.82, 2.24) is 4.98 Å². The molecule has 26 heavy (non-hydrogen) atoms. The van der Waals surface area contributed by atoms with E-state index in [2.05, 4.69) is 15.6 Å². The van der Waals surface area contributed by atoms with Crippen molar-refractivity contribution < 1.29 is 9.18 Å². The van der Waals surface area contributed by atoms with Gasteiger partial charge in [-0.1, -0.05) is 29.3 Å². The lowest BCUT2D eigenvalue weighted by molar-refractivity contribution is 0.102. The van der Waals surface area contributed by atoms with Crippen molar-refractivity contribution >= 4 is 34.6 Å². The molecule has 0 spiro atoms. The molecule has 0 bridgehead atoms. The summed E-state index contributed by atoms with van der Waals surface area (Å²) in [6.07, 6.45) is 3.06. The number of aryl methyl sites for hydroxylation is 2. The smallest absolute Gasteiger partial charge is 0.257 e. The zero-order chi connectivity index (χ0) is 18.7. The van der Waals surface area contributed by atoms with Crippen LogP contribution in [0.25, 0.3) is 0 Å². The molecule has 0 aliphatic carbocycles. The number of pyridine rings is 1. The number of halogens is 2. The summed E-state index contributed by atoms with van der Waals surface area (Å²) in [5, 5.41) is 5.96. The molecule has 6 heteroatoms. The highest BCUT2D eigenvalue weighted by atomic mass is 35.5. The van der Waals surface area contributed by atoms with Crippen LogP contribution in [0.5, 0.6) is 0 Å². The number of hydrogen-bond donors (Lipinski definition) is 2. The molecule has 132 valence electrons. The third-order valence-electron chi connectivity index (χ3n) is 3.84. The molecule has 0 aliphatic rings. The second kappa shape index (κ2) is 7.54. The number of amides is 1. The summed E-state index contributed by atoms with van der Waals surface area (Å²) in [4.78, 5) is 16.6. The van der Waals surface area contributed by atoms with Gasteiger partial charge in [-0.15, -0.1) is 0 Å². The number of carbonyl (C=O) groups is 1. The molecular weight excluding hydrogens is 353 g/mol. The molecule has 1 aromatic heterocycles. The van der Waals surface area contributed by atoms with Crippen LogP contribution in [0.1, 0.15) is 21.5 Å². The minimum atomic E-state index is -0.489. The summed E-state index contributed by atoms with van der Waals surface area (Å²) in [5.74, 6) is -0.748. The lowest BCUT2D eigenvalue weighted by Crippen LogP contribution is -2.13. The molecule has 0 atom stereocenters. The van der Waals surface area contributed by atoms with Crippen molar-refractivity contribution in [1.29, 1.82) is 0 Å². The first-order valence-electron chi connectivity index (χ1n) is 7.98. The van der Waals surface area contributed by atoms with E-state index in [4.69, 9.17) is 11.6 Å². The molecule has 1 amide bonds. The number of hydrogen-bond acceptors (Lipinski definition) is 3. The first-order chi connectivity index (χ1) is 12.4. The van der Waals surface area contributed by atoms with Gasteiger partial charge in [-0.3, -0.25) is 9.78 Å². The zero-order valence-electron chi connectivity index (χ0n) is 14.3. The van der Waals surface area contributed by atoms with E-state index < -0.39 is 5.82 Å². The lowest BCUT2D eigenvalue weighted by atomic mass is 10.1. The topological polar surface area (TPSA) is 54.0 Å². The molecule has 0 aliphatic heterocycles. The number of nitrogens with one attached hydrogen (secondary N) is 2. The van der Waals surface area contributed by atoms with E-state index in [-0.39, 0.29) is 10.9 Å². The quantitative estimate of drug-likeness (QED) is 0.639. The van der Waals surface area contributed by atoms with Gasteiger partial charge in [0, 0.05) is 17.6 Å². The Balaban J connectivity index is 1.77. The summed E-state index contributed by atoms with van der Waals surface area (Å²) in [7, 11) is 0. The van der Waals surface area contributed by atoms with Crippen LogP contribution in [0.15, 0.2) is 54.9 Å². The maximum absolute atomic E-state index is 13.2. The van der Waals surface area contributed by atoms with Gasteiger partial charge in [-0.05, 0) is 49.7 Å². The Hall–Kier alpha value is -2.92. The second-order valence-corrected chi connectivity index (χ2v) is 6.40. The Kier molecular flexibility index (Phi) is 5.19. The molecule has 1 heterocycles. The van der Waals surface area contributed by atoms with Crippen LogP contribution in [-0.4, -0.2) is 10.9 Å². The summed E-state index contributed by atoms with van der Waals surface area (Å²) >= 11 is 5.78. The first-order valence-corrected chi connectivity index (χ1v) is 8.36. The largest absolute Gasteiger partial charge is 0.354 e. The molecule has 0 saturated heterocycles. The fraction of sp³-hybridized carbons (Fsp3) is 0.100. The molecule has 0 radical (unpaired) electrons. The van der Waals surface area contributed by atoms with Gasteiger partial charge >= 0.3 is 0 Å². The van der Waals surface area contributed by atoms with Crippen LogP contribution in [0.4, 0.5) is 21.5 Å². The van der Waals surface area contributed by atoms with Gasteiger partial charge in [0.05, 0.1) is 22.5 Å². The Labute approximate surface area is 156 Å². The third kappa shape index (κ3) is 4.18. The van der Waals surface area contributed by atoms with Gasteiger partial charge < -0.3 is 10.6 Å². The summed E-state index contributed by atoms with van der Waals surface area (Å²) in [5.41, 5.74) is 4.48. The van der Waals surface area contributed by atoms with Gasteiger partial charge in [-0.2, -0.15) is 0 Å². The maximum atomic E-state index is 13.2. The second-order valence-electron chi connectivity index (χ2n) is 5.99. The minimum absolute atomic E-state index is 0.0201. The Morgan fingerprint density at radius 2 is 1.85 bits per heavy atom. The molecule has 0 fully saturated rings. The number of carbonyl (C=O) groups excluding carboxylic acids is 1. The van der Waals surface area contributed by atoms with Crippen molar-refractivity contribution in [3.63, 3.8) is 0 Å². The fourth-order valence-corrected chi connectivity index (χ4v) is 2.70. The number of anilines is 3. The van der Waals surface area contributed by atoms with Crippen molar-refractivity contribution in [2.75, 3.05) is 10.6 Å². The van der Waals surface area contributed by atoms with Gasteiger partial charge in [0.1, 0.15) is 5.82 Å². The standard InChI is InChI=1S/C20H17ClFN3O/c1-12-3-6-19(13(2)7-12)25-20(26)14-8-16(11-23-10-14)24-15-4-5-18(22)17(21)9-15/h3-11,24H,1-2H3,(H,25,26). The maximum Gasteiger partial charge on any atom is 0.257 e. The molecule has 2 N–H and O–H groups in total. The monoisotopic (exact) mass is 369 g/mol. The summed E-state index contributed by atoms with van der Waals surface area (Å²) in [6.45, 7) is 3.94. The molecular formula is C20H17ClFN3O. The van der Waals surface area contributed by atoms with Crippen LogP contribution < -0.4 is 10.6 Å². The molecule has 0 unspecified atom stereocenters. The van der Waals surface area contributed by atoms with E-state index >= 15 is 0 Å². The van der Waals surface area contributed by atoms with E-state index in [1.807, 2.05) is 32.0 Å². The van der Waals surface area contributed by atoms with Crippen molar-refractivity contribution in [2.45, 2.75) is 13.8 Å². The average Bonchev–Trinajstić information content (AvgIpc) is 2.61. The molecule has 3 aromatic rings. The highest BCUT2D eigenvalue weighted by Crippen LogP contribution is 2.23. The van der Waals surface area contributed by atoms with E-state index in [0.29, 0.717) is 16.9 Å². The predicted molar refractivity (Wildman–Crippen MR) is 103 cm³/mol. The Morgan fingerprint density at radius 1 is 1.04 bits per heavy atom. The van der Waals surface area contributed by atoms with Gasteiger partial charge in [0.2, 0.25) is 0 Å². The number of benzene rings is 2. The highest BCUT2D eigenvalue weighted by molar-refractivity contribution is 6.31. The van der Waals surface area contributed by atoms with Crippen molar-refractivity contribution in [3.05, 3.63) is 82.4 Å². The van der Waals surface area contributed by atoms with Crippen LogP contribution in [-0.2, 0) is 0 Å². The first kappa shape index (κ1) is 17.9. The normalized spacial score (nSPS) is 10.5. The van der Waals surface area contributed by atoms with Gasteiger partial charge in [-0.25, -0.2) is 4.39 Å². The van der Waals surface area contributed by atoms with Crippen molar-refractivity contribution in [2.24, 2.45) is 0 Å². The predicted octanol–water partition coefficient (Wildman–Crippen LogP) is 5.49. The number of rotatable bonds is 4. The fourth-order valence-electron chi connectivity index (χ4n) is 2.52. The van der Waals surface area contributed by atoms with Crippen LogP contribution in [0, 0.1) is 19.7 Å². The Bertz CT molecular complexity index is 975. The summed E-state index contributed by atoms with van der Waals surface area (Å²) in [6, 6.07) is 11.8. The molecule has 0 saturated carbocycles. The zero-order valence-corrected chi connectivity index (χ0v) is 15.1. The van der Waals surface area contributed by atoms with Gasteiger partial charge in [0.15, 0.2) is 0 Å². The average molecular weight is 370 g/mol. The molecule has 2 aromatic carbocycles. The third-order valence-corrected chi connectivity index (χ3v) is 4.13. The number of aromatic nitrogens is 1. The molecule has 4 nitrogen and oxygen atoms in total.